The zero-order valence-corrected chi connectivity index (χ0v) is 15.4. The molecular weight excluding hydrogens is 359 g/mol. The summed E-state index contributed by atoms with van der Waals surface area (Å²) >= 11 is 0. The molecule has 0 spiro atoms. The number of carbonyl (C=O) groups excluding carboxylic acids is 1. The van der Waals surface area contributed by atoms with Crippen LogP contribution in [0.1, 0.15) is 44.9 Å². The first kappa shape index (κ1) is 19.1. The maximum atomic E-state index is 13.6. The van der Waals surface area contributed by atoms with E-state index in [-0.39, 0.29) is 5.56 Å². The lowest BCUT2D eigenvalue weighted by Gasteiger charge is -2.33. The van der Waals surface area contributed by atoms with E-state index in [4.69, 9.17) is 4.74 Å². The Bertz CT molecular complexity index is 894. The molecule has 27 heavy (non-hydrogen) atoms. The highest BCUT2D eigenvalue weighted by Crippen LogP contribution is 2.42. The van der Waals surface area contributed by atoms with Gasteiger partial charge in [0.05, 0.1) is 17.8 Å². The minimum Gasteiger partial charge on any atom is -0.459 e. The Morgan fingerprint density at radius 1 is 1.15 bits per heavy atom. The minimum absolute atomic E-state index is 0.0416. The standard InChI is InChI=1S/C19H20F3N3O2/c1-11-15(17(26)27-18(2,3)4)16(25-14(24-11)9-10-23-25)12-7-5-6-8-13(12)19(20,21)22/h5-10,15-16H,1-4H3. The second kappa shape index (κ2) is 6.51. The Balaban J connectivity index is 2.18. The lowest BCUT2D eigenvalue weighted by atomic mass is 9.85. The minimum atomic E-state index is -4.56. The first-order valence-corrected chi connectivity index (χ1v) is 8.47. The predicted octanol–water partition coefficient (Wildman–Crippen LogP) is 4.56. The van der Waals surface area contributed by atoms with Gasteiger partial charge in [0.1, 0.15) is 11.5 Å². The number of hydrogen-bond donors (Lipinski definition) is 0. The predicted molar refractivity (Wildman–Crippen MR) is 93.9 cm³/mol. The monoisotopic (exact) mass is 379 g/mol. The summed E-state index contributed by atoms with van der Waals surface area (Å²) in [4.78, 5) is 17.2. The van der Waals surface area contributed by atoms with Gasteiger partial charge in [-0.3, -0.25) is 4.79 Å². The largest absolute Gasteiger partial charge is 0.459 e. The van der Waals surface area contributed by atoms with Crippen LogP contribution in [0.15, 0.2) is 41.5 Å². The molecule has 0 saturated carbocycles. The second-order valence-electron chi connectivity index (χ2n) is 7.43. The van der Waals surface area contributed by atoms with Crippen molar-refractivity contribution in [3.05, 3.63) is 47.7 Å². The molecule has 2 unspecified atom stereocenters. The van der Waals surface area contributed by atoms with Crippen LogP contribution in [0.4, 0.5) is 19.0 Å². The smallest absolute Gasteiger partial charge is 0.416 e. The van der Waals surface area contributed by atoms with Gasteiger partial charge in [-0.15, -0.1) is 0 Å². The van der Waals surface area contributed by atoms with Gasteiger partial charge in [-0.1, -0.05) is 18.2 Å². The molecule has 2 aromatic rings. The highest BCUT2D eigenvalue weighted by molar-refractivity contribution is 6.03. The number of carbonyl (C=O) groups is 1. The summed E-state index contributed by atoms with van der Waals surface area (Å²) in [6.07, 6.45) is -3.11. The molecule has 2 atom stereocenters. The van der Waals surface area contributed by atoms with Crippen molar-refractivity contribution in [2.24, 2.45) is 10.9 Å². The van der Waals surface area contributed by atoms with Crippen molar-refractivity contribution in [2.75, 3.05) is 0 Å². The van der Waals surface area contributed by atoms with Crippen LogP contribution in [0.2, 0.25) is 0 Å². The number of benzene rings is 1. The molecule has 2 heterocycles. The number of halogens is 3. The summed E-state index contributed by atoms with van der Waals surface area (Å²) in [7, 11) is 0. The highest BCUT2D eigenvalue weighted by Gasteiger charge is 2.44. The fraction of sp³-hybridized carbons (Fsp3) is 0.421. The van der Waals surface area contributed by atoms with Gasteiger partial charge in [0.25, 0.3) is 0 Å². The molecule has 3 rings (SSSR count). The van der Waals surface area contributed by atoms with Gasteiger partial charge in [0.2, 0.25) is 0 Å². The molecule has 144 valence electrons. The summed E-state index contributed by atoms with van der Waals surface area (Å²) in [6.45, 7) is 6.74. The Morgan fingerprint density at radius 3 is 2.44 bits per heavy atom. The molecule has 8 heteroatoms. The molecule has 0 fully saturated rings. The molecule has 0 aliphatic carbocycles. The second-order valence-corrected chi connectivity index (χ2v) is 7.43. The van der Waals surface area contributed by atoms with E-state index in [2.05, 4.69) is 10.1 Å². The molecule has 0 amide bonds. The number of hydrogen-bond acceptors (Lipinski definition) is 4. The van der Waals surface area contributed by atoms with Gasteiger partial charge in [-0.25, -0.2) is 9.67 Å². The first-order valence-electron chi connectivity index (χ1n) is 8.47. The van der Waals surface area contributed by atoms with Crippen molar-refractivity contribution in [3.63, 3.8) is 0 Å². The zero-order valence-electron chi connectivity index (χ0n) is 15.4. The Morgan fingerprint density at radius 2 is 1.81 bits per heavy atom. The topological polar surface area (TPSA) is 56.5 Å². The fourth-order valence-corrected chi connectivity index (χ4v) is 3.22. The summed E-state index contributed by atoms with van der Waals surface area (Å²) in [5.74, 6) is -1.25. The third-order valence-corrected chi connectivity index (χ3v) is 4.22. The summed E-state index contributed by atoms with van der Waals surface area (Å²) in [5.41, 5.74) is -1.24. The van der Waals surface area contributed by atoms with E-state index in [1.54, 1.807) is 33.8 Å². The van der Waals surface area contributed by atoms with E-state index < -0.39 is 35.3 Å². The molecule has 1 aromatic heterocycles. The third-order valence-electron chi connectivity index (χ3n) is 4.22. The highest BCUT2D eigenvalue weighted by atomic mass is 19.4. The van der Waals surface area contributed by atoms with Crippen LogP contribution in [-0.2, 0) is 15.7 Å². The quantitative estimate of drug-likeness (QED) is 0.719. The molecule has 0 bridgehead atoms. The number of alkyl halides is 3. The number of fused-ring (bicyclic) bond motifs is 1. The van der Waals surface area contributed by atoms with E-state index in [0.29, 0.717) is 11.5 Å². The van der Waals surface area contributed by atoms with Crippen molar-refractivity contribution in [1.29, 1.82) is 0 Å². The number of esters is 1. The summed E-state index contributed by atoms with van der Waals surface area (Å²) in [5, 5.41) is 4.14. The van der Waals surface area contributed by atoms with Gasteiger partial charge < -0.3 is 4.74 Å². The fourth-order valence-electron chi connectivity index (χ4n) is 3.22. The van der Waals surface area contributed by atoms with Gasteiger partial charge >= 0.3 is 12.1 Å². The SMILES string of the molecule is CC1=Nc2ccnn2C(c2ccccc2C(F)(F)F)C1C(=O)OC(C)(C)C. The third kappa shape index (κ3) is 3.74. The number of aromatic nitrogens is 2. The van der Waals surface area contributed by atoms with Crippen molar-refractivity contribution in [2.45, 2.75) is 45.5 Å². The van der Waals surface area contributed by atoms with E-state index >= 15 is 0 Å². The molecule has 1 aromatic carbocycles. The Kier molecular flexibility index (Phi) is 4.61. The molecular formula is C19H20F3N3O2. The molecule has 0 radical (unpaired) electrons. The van der Waals surface area contributed by atoms with E-state index in [1.165, 1.54) is 29.1 Å². The number of ether oxygens (including phenoxy) is 1. The first-order chi connectivity index (χ1) is 12.5. The zero-order chi connectivity index (χ0) is 20.0. The van der Waals surface area contributed by atoms with E-state index in [1.807, 2.05) is 0 Å². The molecule has 5 nitrogen and oxygen atoms in total. The Labute approximate surface area is 154 Å². The molecule has 1 aliphatic heterocycles. The van der Waals surface area contributed by atoms with Crippen LogP contribution in [0.5, 0.6) is 0 Å². The van der Waals surface area contributed by atoms with Crippen LogP contribution in [-0.4, -0.2) is 27.1 Å². The van der Waals surface area contributed by atoms with Gasteiger partial charge in [0, 0.05) is 11.8 Å². The van der Waals surface area contributed by atoms with E-state index in [0.717, 1.165) is 6.07 Å². The Hall–Kier alpha value is -2.64. The number of rotatable bonds is 2. The van der Waals surface area contributed by atoms with Crippen LogP contribution in [0.3, 0.4) is 0 Å². The average Bonchev–Trinajstić information content (AvgIpc) is 2.98. The summed E-state index contributed by atoms with van der Waals surface area (Å²) < 4.78 is 47.7. The van der Waals surface area contributed by atoms with Crippen molar-refractivity contribution in [1.82, 2.24) is 9.78 Å². The number of aliphatic imine (C=N–C) groups is 1. The molecule has 1 aliphatic rings. The van der Waals surface area contributed by atoms with Gasteiger partial charge in [-0.2, -0.15) is 18.3 Å². The van der Waals surface area contributed by atoms with Gasteiger partial charge in [0.15, 0.2) is 5.82 Å². The summed E-state index contributed by atoms with van der Waals surface area (Å²) in [6, 6.07) is 5.81. The van der Waals surface area contributed by atoms with Crippen molar-refractivity contribution < 1.29 is 22.7 Å². The van der Waals surface area contributed by atoms with Crippen LogP contribution in [0.25, 0.3) is 0 Å². The van der Waals surface area contributed by atoms with Crippen molar-refractivity contribution in [3.8, 4) is 0 Å². The lowest BCUT2D eigenvalue weighted by molar-refractivity contribution is -0.159. The maximum absolute atomic E-state index is 13.6. The van der Waals surface area contributed by atoms with Gasteiger partial charge in [-0.05, 0) is 39.3 Å². The van der Waals surface area contributed by atoms with Crippen LogP contribution < -0.4 is 0 Å². The van der Waals surface area contributed by atoms with E-state index in [9.17, 15) is 18.0 Å². The van der Waals surface area contributed by atoms with Crippen LogP contribution in [0, 0.1) is 5.92 Å². The molecule has 0 saturated heterocycles. The molecule has 0 N–H and O–H groups in total. The van der Waals surface area contributed by atoms with Crippen LogP contribution >= 0.6 is 0 Å². The number of nitrogens with zero attached hydrogens (tertiary/aromatic N) is 3. The lowest BCUT2D eigenvalue weighted by Crippen LogP contribution is -2.40. The average molecular weight is 379 g/mol. The normalized spacial score (nSPS) is 20.0. The maximum Gasteiger partial charge on any atom is 0.416 e. The van der Waals surface area contributed by atoms with Crippen molar-refractivity contribution >= 4 is 17.5 Å².